The van der Waals surface area contributed by atoms with Crippen molar-refractivity contribution in [3.8, 4) is 11.5 Å². The Hall–Kier alpha value is -3.32. The third kappa shape index (κ3) is 5.24. The summed E-state index contributed by atoms with van der Waals surface area (Å²) >= 11 is 6.11. The number of rotatable bonds is 8. The molecule has 0 unspecified atom stereocenters. The molecule has 1 aliphatic heterocycles. The van der Waals surface area contributed by atoms with Gasteiger partial charge in [0.05, 0.1) is 18.9 Å². The van der Waals surface area contributed by atoms with E-state index in [1.54, 1.807) is 42.5 Å². The number of imide groups is 2. The number of benzene rings is 2. The Morgan fingerprint density at radius 1 is 1.03 bits per heavy atom. The first-order valence-electron chi connectivity index (χ1n) is 10.0. The van der Waals surface area contributed by atoms with Crippen molar-refractivity contribution < 1.29 is 23.9 Å². The topological polar surface area (TPSA) is 84.9 Å². The molecule has 162 valence electrons. The fourth-order valence-electron chi connectivity index (χ4n) is 3.00. The standard InChI is InChI=1S/C23H23ClN2O5/c1-3-5-12-31-20-11-6-16(24)13-15(20)14-19-21(27)25-23(29)26(22(19)28)17-7-9-18(10-8-17)30-4-2/h6-11,13-14H,3-5,12H2,1-2H3,(H,25,27,29)/b19-14+. The molecule has 0 radical (unpaired) electrons. The van der Waals surface area contributed by atoms with Crippen LogP contribution < -0.4 is 19.7 Å². The van der Waals surface area contributed by atoms with Gasteiger partial charge in [-0.25, -0.2) is 9.69 Å². The summed E-state index contributed by atoms with van der Waals surface area (Å²) in [5.74, 6) is -0.416. The fraction of sp³-hybridized carbons (Fsp3) is 0.261. The number of carbonyl (C=O) groups is 3. The predicted octanol–water partition coefficient (Wildman–Crippen LogP) is 4.58. The van der Waals surface area contributed by atoms with Crippen molar-refractivity contribution >= 4 is 41.2 Å². The Morgan fingerprint density at radius 3 is 2.45 bits per heavy atom. The van der Waals surface area contributed by atoms with Gasteiger partial charge < -0.3 is 9.47 Å². The van der Waals surface area contributed by atoms with Gasteiger partial charge in [-0.05, 0) is 61.9 Å². The van der Waals surface area contributed by atoms with Gasteiger partial charge in [0.2, 0.25) is 0 Å². The molecular formula is C23H23ClN2O5. The van der Waals surface area contributed by atoms with E-state index in [1.165, 1.54) is 6.08 Å². The maximum atomic E-state index is 13.1. The number of amides is 4. The summed E-state index contributed by atoms with van der Waals surface area (Å²) in [6.07, 6.45) is 3.21. The summed E-state index contributed by atoms with van der Waals surface area (Å²) in [6, 6.07) is 10.6. The molecule has 1 N–H and O–H groups in total. The molecule has 31 heavy (non-hydrogen) atoms. The highest BCUT2D eigenvalue weighted by Crippen LogP contribution is 2.28. The van der Waals surface area contributed by atoms with Crippen molar-refractivity contribution in [3.63, 3.8) is 0 Å². The van der Waals surface area contributed by atoms with Crippen LogP contribution in [0.1, 0.15) is 32.3 Å². The number of ether oxygens (including phenoxy) is 2. The molecular weight excluding hydrogens is 420 g/mol. The van der Waals surface area contributed by atoms with Gasteiger partial charge in [-0.1, -0.05) is 24.9 Å². The van der Waals surface area contributed by atoms with Crippen molar-refractivity contribution in [1.82, 2.24) is 5.32 Å². The zero-order valence-corrected chi connectivity index (χ0v) is 18.1. The van der Waals surface area contributed by atoms with Crippen LogP contribution in [0.3, 0.4) is 0 Å². The maximum absolute atomic E-state index is 13.1. The van der Waals surface area contributed by atoms with Crippen LogP contribution >= 0.6 is 11.6 Å². The molecule has 7 nitrogen and oxygen atoms in total. The Labute approximate surface area is 185 Å². The van der Waals surface area contributed by atoms with Crippen LogP contribution in [0.4, 0.5) is 10.5 Å². The largest absolute Gasteiger partial charge is 0.494 e. The van der Waals surface area contributed by atoms with Gasteiger partial charge in [0.15, 0.2) is 0 Å². The lowest BCUT2D eigenvalue weighted by atomic mass is 10.1. The molecule has 1 aliphatic rings. The maximum Gasteiger partial charge on any atom is 0.335 e. The molecule has 1 saturated heterocycles. The van der Waals surface area contributed by atoms with Gasteiger partial charge in [-0.15, -0.1) is 0 Å². The average molecular weight is 443 g/mol. The second-order valence-corrected chi connectivity index (χ2v) is 7.21. The molecule has 0 bridgehead atoms. The van der Waals surface area contributed by atoms with E-state index in [4.69, 9.17) is 21.1 Å². The number of barbiturate groups is 1. The van der Waals surface area contributed by atoms with Gasteiger partial charge in [-0.3, -0.25) is 14.9 Å². The molecule has 4 amide bonds. The summed E-state index contributed by atoms with van der Waals surface area (Å²) in [7, 11) is 0. The monoisotopic (exact) mass is 442 g/mol. The second kappa shape index (κ2) is 10.1. The number of anilines is 1. The molecule has 2 aromatic carbocycles. The minimum Gasteiger partial charge on any atom is -0.494 e. The minimum absolute atomic E-state index is 0.198. The number of nitrogens with zero attached hydrogens (tertiary/aromatic N) is 1. The highest BCUT2D eigenvalue weighted by Gasteiger charge is 2.37. The molecule has 2 aromatic rings. The predicted molar refractivity (Wildman–Crippen MR) is 118 cm³/mol. The SMILES string of the molecule is CCCCOc1ccc(Cl)cc1/C=C1\C(=O)NC(=O)N(c2ccc(OCC)cc2)C1=O. The zero-order chi connectivity index (χ0) is 22.4. The molecule has 0 spiro atoms. The summed E-state index contributed by atoms with van der Waals surface area (Å²) < 4.78 is 11.2. The fourth-order valence-corrected chi connectivity index (χ4v) is 3.18. The van der Waals surface area contributed by atoms with Crippen LogP contribution in [0.25, 0.3) is 6.08 Å². The van der Waals surface area contributed by atoms with Crippen LogP contribution in [-0.2, 0) is 9.59 Å². The van der Waals surface area contributed by atoms with E-state index in [2.05, 4.69) is 5.32 Å². The summed E-state index contributed by atoms with van der Waals surface area (Å²) in [6.45, 7) is 4.89. The van der Waals surface area contributed by atoms with Crippen LogP contribution in [0.15, 0.2) is 48.0 Å². The average Bonchev–Trinajstić information content (AvgIpc) is 2.74. The molecule has 1 heterocycles. The number of halogens is 1. The number of carbonyl (C=O) groups excluding carboxylic acids is 3. The summed E-state index contributed by atoms with van der Waals surface area (Å²) in [5.41, 5.74) is 0.592. The lowest BCUT2D eigenvalue weighted by Crippen LogP contribution is -2.54. The Balaban J connectivity index is 1.95. The number of unbranched alkanes of at least 4 members (excludes halogenated alkanes) is 1. The Kier molecular flexibility index (Phi) is 7.31. The van der Waals surface area contributed by atoms with Crippen molar-refractivity contribution in [1.29, 1.82) is 0 Å². The first-order valence-corrected chi connectivity index (χ1v) is 10.4. The highest BCUT2D eigenvalue weighted by molar-refractivity contribution is 6.39. The third-order valence-corrected chi connectivity index (χ3v) is 4.77. The van der Waals surface area contributed by atoms with Gasteiger partial charge >= 0.3 is 6.03 Å². The van der Waals surface area contributed by atoms with E-state index in [9.17, 15) is 14.4 Å². The number of hydrogen-bond acceptors (Lipinski definition) is 5. The van der Waals surface area contributed by atoms with E-state index in [1.807, 2.05) is 13.8 Å². The van der Waals surface area contributed by atoms with E-state index in [-0.39, 0.29) is 5.57 Å². The van der Waals surface area contributed by atoms with Gasteiger partial charge in [0.25, 0.3) is 11.8 Å². The first kappa shape index (κ1) is 22.4. The lowest BCUT2D eigenvalue weighted by molar-refractivity contribution is -0.122. The lowest BCUT2D eigenvalue weighted by Gasteiger charge is -2.26. The van der Waals surface area contributed by atoms with Crippen molar-refractivity contribution in [3.05, 3.63) is 58.6 Å². The molecule has 8 heteroatoms. The summed E-state index contributed by atoms with van der Waals surface area (Å²) in [4.78, 5) is 38.8. The quantitative estimate of drug-likeness (QED) is 0.367. The van der Waals surface area contributed by atoms with E-state index < -0.39 is 17.8 Å². The highest BCUT2D eigenvalue weighted by atomic mass is 35.5. The zero-order valence-electron chi connectivity index (χ0n) is 17.3. The Morgan fingerprint density at radius 2 is 1.77 bits per heavy atom. The number of nitrogens with one attached hydrogen (secondary N) is 1. The first-order chi connectivity index (χ1) is 14.9. The summed E-state index contributed by atoms with van der Waals surface area (Å²) in [5, 5.41) is 2.64. The molecule has 0 aromatic heterocycles. The van der Waals surface area contributed by atoms with Crippen LogP contribution in [-0.4, -0.2) is 31.1 Å². The molecule has 0 saturated carbocycles. The van der Waals surface area contributed by atoms with Crippen molar-refractivity contribution in [2.45, 2.75) is 26.7 Å². The molecule has 1 fully saturated rings. The third-order valence-electron chi connectivity index (χ3n) is 4.53. The van der Waals surface area contributed by atoms with Crippen LogP contribution in [0, 0.1) is 0 Å². The normalized spacial score (nSPS) is 15.3. The Bertz CT molecular complexity index is 1020. The van der Waals surface area contributed by atoms with Crippen LogP contribution in [0.5, 0.6) is 11.5 Å². The van der Waals surface area contributed by atoms with Gasteiger partial charge in [-0.2, -0.15) is 0 Å². The minimum atomic E-state index is -0.818. The van der Waals surface area contributed by atoms with Crippen LogP contribution in [0.2, 0.25) is 5.02 Å². The van der Waals surface area contributed by atoms with Gasteiger partial charge in [0, 0.05) is 10.6 Å². The number of urea groups is 1. The van der Waals surface area contributed by atoms with E-state index >= 15 is 0 Å². The van der Waals surface area contributed by atoms with E-state index in [0.29, 0.717) is 41.0 Å². The van der Waals surface area contributed by atoms with Crippen molar-refractivity contribution in [2.24, 2.45) is 0 Å². The molecule has 0 atom stereocenters. The van der Waals surface area contributed by atoms with E-state index in [0.717, 1.165) is 17.7 Å². The van der Waals surface area contributed by atoms with Crippen molar-refractivity contribution in [2.75, 3.05) is 18.1 Å². The van der Waals surface area contributed by atoms with Gasteiger partial charge in [0.1, 0.15) is 17.1 Å². The number of hydrogen-bond donors (Lipinski definition) is 1. The molecule has 0 aliphatic carbocycles. The second-order valence-electron chi connectivity index (χ2n) is 6.77. The molecule has 3 rings (SSSR count). The smallest absolute Gasteiger partial charge is 0.335 e.